The Balaban J connectivity index is 2.02. The lowest BCUT2D eigenvalue weighted by atomic mass is 10.1. The zero-order valence-electron chi connectivity index (χ0n) is 9.36. The Hall–Kier alpha value is -1.71. The summed E-state index contributed by atoms with van der Waals surface area (Å²) in [4.78, 5) is 10.8. The van der Waals surface area contributed by atoms with E-state index in [2.05, 4.69) is 0 Å². The first-order chi connectivity index (χ1) is 7.65. The average Bonchev–Trinajstić information content (AvgIpc) is 2.63. The highest BCUT2D eigenvalue weighted by Crippen LogP contribution is 2.32. The number of rotatable bonds is 3. The first-order valence-electron chi connectivity index (χ1n) is 5.21. The lowest BCUT2D eigenvalue weighted by molar-refractivity contribution is -0.145. The van der Waals surface area contributed by atoms with Crippen LogP contribution in [0, 0.1) is 0 Å². The number of carbonyl (C=O) groups excluding carboxylic acids is 1. The molecule has 1 atom stereocenters. The summed E-state index contributed by atoms with van der Waals surface area (Å²) in [6, 6.07) is 5.74. The molecule has 1 aliphatic heterocycles. The first kappa shape index (κ1) is 10.8. The second-order valence-corrected chi connectivity index (χ2v) is 3.81. The minimum atomic E-state index is -0.256. The molecule has 0 aliphatic carbocycles. The van der Waals surface area contributed by atoms with Crippen LogP contribution in [0.3, 0.4) is 0 Å². The largest absolute Gasteiger partial charge is 0.463 e. The van der Waals surface area contributed by atoms with Crippen molar-refractivity contribution in [3.05, 3.63) is 23.8 Å². The summed E-state index contributed by atoms with van der Waals surface area (Å²) in [6.07, 6.45) is 0.550. The van der Waals surface area contributed by atoms with Gasteiger partial charge in [0.05, 0.1) is 0 Å². The van der Waals surface area contributed by atoms with Gasteiger partial charge in [-0.1, -0.05) is 6.07 Å². The van der Waals surface area contributed by atoms with E-state index in [0.717, 1.165) is 17.1 Å². The Morgan fingerprint density at radius 2 is 2.19 bits per heavy atom. The molecule has 0 saturated heterocycles. The molecule has 0 bridgehead atoms. The van der Waals surface area contributed by atoms with Crippen LogP contribution in [0.4, 0.5) is 0 Å². The van der Waals surface area contributed by atoms with E-state index < -0.39 is 0 Å². The fraction of sp³-hybridized carbons (Fsp3) is 0.417. The van der Waals surface area contributed by atoms with Crippen LogP contribution in [0.5, 0.6) is 11.5 Å². The molecule has 0 saturated carbocycles. The molecule has 0 fully saturated rings. The normalized spacial score (nSPS) is 14.6. The van der Waals surface area contributed by atoms with Gasteiger partial charge in [-0.05, 0) is 24.6 Å². The summed E-state index contributed by atoms with van der Waals surface area (Å²) in [6.45, 7) is 3.56. The summed E-state index contributed by atoms with van der Waals surface area (Å²) >= 11 is 0. The van der Waals surface area contributed by atoms with E-state index in [1.807, 2.05) is 25.1 Å². The number of hydrogen-bond acceptors (Lipinski definition) is 4. The Kier molecular flexibility index (Phi) is 2.99. The summed E-state index contributed by atoms with van der Waals surface area (Å²) in [5, 5.41) is 0. The van der Waals surface area contributed by atoms with Gasteiger partial charge in [-0.15, -0.1) is 0 Å². The molecule has 16 heavy (non-hydrogen) atoms. The standard InChI is InChI=1S/C12H14O4/c1-8(16-9(2)13)5-10-3-4-11-12(6-10)15-7-14-11/h3-4,6,8H,5,7H2,1-2H3. The van der Waals surface area contributed by atoms with E-state index in [0.29, 0.717) is 6.42 Å². The molecule has 1 heterocycles. The van der Waals surface area contributed by atoms with Crippen LogP contribution in [0.1, 0.15) is 19.4 Å². The van der Waals surface area contributed by atoms with E-state index in [1.165, 1.54) is 6.92 Å². The fourth-order valence-corrected chi connectivity index (χ4v) is 1.72. The molecule has 1 aliphatic rings. The minimum Gasteiger partial charge on any atom is -0.463 e. The van der Waals surface area contributed by atoms with Gasteiger partial charge >= 0.3 is 5.97 Å². The van der Waals surface area contributed by atoms with Crippen molar-refractivity contribution in [1.82, 2.24) is 0 Å². The predicted molar refractivity (Wildman–Crippen MR) is 57.5 cm³/mol. The van der Waals surface area contributed by atoms with Crippen molar-refractivity contribution in [3.8, 4) is 11.5 Å². The molecular formula is C12H14O4. The van der Waals surface area contributed by atoms with Crippen molar-refractivity contribution in [1.29, 1.82) is 0 Å². The zero-order valence-corrected chi connectivity index (χ0v) is 9.36. The van der Waals surface area contributed by atoms with Crippen LogP contribution >= 0.6 is 0 Å². The predicted octanol–water partition coefficient (Wildman–Crippen LogP) is 1.91. The van der Waals surface area contributed by atoms with Gasteiger partial charge in [-0.3, -0.25) is 4.79 Å². The van der Waals surface area contributed by atoms with E-state index in [4.69, 9.17) is 14.2 Å². The Labute approximate surface area is 94.1 Å². The monoisotopic (exact) mass is 222 g/mol. The van der Waals surface area contributed by atoms with Gasteiger partial charge in [-0.2, -0.15) is 0 Å². The number of benzene rings is 1. The summed E-state index contributed by atoms with van der Waals surface area (Å²) in [5.74, 6) is 1.27. The van der Waals surface area contributed by atoms with Gasteiger partial charge < -0.3 is 14.2 Å². The van der Waals surface area contributed by atoms with Crippen LogP contribution in [0.15, 0.2) is 18.2 Å². The third kappa shape index (κ3) is 2.45. The molecule has 4 nitrogen and oxygen atoms in total. The number of carbonyl (C=O) groups is 1. The van der Waals surface area contributed by atoms with Crippen LogP contribution < -0.4 is 9.47 Å². The molecule has 4 heteroatoms. The quantitative estimate of drug-likeness (QED) is 0.733. The van der Waals surface area contributed by atoms with Gasteiger partial charge in [0.25, 0.3) is 0 Å². The van der Waals surface area contributed by atoms with Gasteiger partial charge in [0, 0.05) is 13.3 Å². The van der Waals surface area contributed by atoms with Crippen molar-refractivity contribution in [2.24, 2.45) is 0 Å². The van der Waals surface area contributed by atoms with Crippen molar-refractivity contribution in [3.63, 3.8) is 0 Å². The van der Waals surface area contributed by atoms with Crippen molar-refractivity contribution in [2.75, 3.05) is 6.79 Å². The Morgan fingerprint density at radius 1 is 1.44 bits per heavy atom. The van der Waals surface area contributed by atoms with Crippen molar-refractivity contribution >= 4 is 5.97 Å². The van der Waals surface area contributed by atoms with E-state index in [9.17, 15) is 4.79 Å². The van der Waals surface area contributed by atoms with E-state index in [-0.39, 0.29) is 18.9 Å². The molecule has 0 spiro atoms. The topological polar surface area (TPSA) is 44.8 Å². The van der Waals surface area contributed by atoms with Gasteiger partial charge in [0.2, 0.25) is 6.79 Å². The lowest BCUT2D eigenvalue weighted by Crippen LogP contribution is -2.14. The third-order valence-corrected chi connectivity index (χ3v) is 2.33. The van der Waals surface area contributed by atoms with Crippen LogP contribution in [-0.2, 0) is 16.0 Å². The average molecular weight is 222 g/mol. The molecule has 1 aromatic rings. The number of ether oxygens (including phenoxy) is 3. The smallest absolute Gasteiger partial charge is 0.302 e. The maximum absolute atomic E-state index is 10.8. The molecule has 2 rings (SSSR count). The summed E-state index contributed by atoms with van der Waals surface area (Å²) < 4.78 is 15.5. The summed E-state index contributed by atoms with van der Waals surface area (Å²) in [5.41, 5.74) is 1.07. The van der Waals surface area contributed by atoms with Crippen molar-refractivity contribution in [2.45, 2.75) is 26.4 Å². The SMILES string of the molecule is CC(=O)OC(C)Cc1ccc2c(c1)OCO2. The maximum atomic E-state index is 10.8. The Morgan fingerprint density at radius 3 is 2.94 bits per heavy atom. The van der Waals surface area contributed by atoms with Gasteiger partial charge in [0.1, 0.15) is 6.10 Å². The first-order valence-corrected chi connectivity index (χ1v) is 5.21. The van der Waals surface area contributed by atoms with Crippen LogP contribution in [0.25, 0.3) is 0 Å². The number of hydrogen-bond donors (Lipinski definition) is 0. The maximum Gasteiger partial charge on any atom is 0.302 e. The molecule has 0 aromatic heterocycles. The Bertz CT molecular complexity index is 400. The molecule has 1 unspecified atom stereocenters. The second-order valence-electron chi connectivity index (χ2n) is 3.81. The zero-order chi connectivity index (χ0) is 11.5. The fourth-order valence-electron chi connectivity index (χ4n) is 1.72. The highest BCUT2D eigenvalue weighted by Gasteiger charge is 2.14. The molecule has 0 N–H and O–H groups in total. The van der Waals surface area contributed by atoms with Gasteiger partial charge in [0.15, 0.2) is 11.5 Å². The van der Waals surface area contributed by atoms with E-state index in [1.54, 1.807) is 0 Å². The highest BCUT2D eigenvalue weighted by molar-refractivity contribution is 5.66. The molecular weight excluding hydrogens is 208 g/mol. The van der Waals surface area contributed by atoms with Gasteiger partial charge in [-0.25, -0.2) is 0 Å². The highest BCUT2D eigenvalue weighted by atomic mass is 16.7. The van der Waals surface area contributed by atoms with E-state index >= 15 is 0 Å². The van der Waals surface area contributed by atoms with Crippen LogP contribution in [0.2, 0.25) is 0 Å². The number of fused-ring (bicyclic) bond motifs is 1. The molecule has 86 valence electrons. The molecule has 1 aromatic carbocycles. The molecule has 0 amide bonds. The van der Waals surface area contributed by atoms with Crippen LogP contribution in [-0.4, -0.2) is 18.9 Å². The lowest BCUT2D eigenvalue weighted by Gasteiger charge is -2.11. The van der Waals surface area contributed by atoms with Crippen molar-refractivity contribution < 1.29 is 19.0 Å². The molecule has 0 radical (unpaired) electrons. The summed E-state index contributed by atoms with van der Waals surface area (Å²) in [7, 11) is 0. The minimum absolute atomic E-state index is 0.127. The number of esters is 1. The second kappa shape index (κ2) is 4.43. The third-order valence-electron chi connectivity index (χ3n) is 2.33.